The Morgan fingerprint density at radius 3 is 2.68 bits per heavy atom. The van der Waals surface area contributed by atoms with Crippen LogP contribution in [0.15, 0.2) is 53.5 Å². The fraction of sp³-hybridized carbons (Fsp3) is 0.423. The lowest BCUT2D eigenvalue weighted by Gasteiger charge is -2.38. The molecule has 2 aliphatic rings. The van der Waals surface area contributed by atoms with E-state index in [9.17, 15) is 14.7 Å². The van der Waals surface area contributed by atoms with Crippen molar-refractivity contribution in [2.45, 2.75) is 63.8 Å². The maximum atomic E-state index is 13.2. The average molecular weight is 465 g/mol. The number of ether oxygens (including phenoxy) is 1. The highest BCUT2D eigenvalue weighted by Crippen LogP contribution is 2.37. The predicted octanol–water partition coefficient (Wildman–Crippen LogP) is 2.91. The Kier molecular flexibility index (Phi) is 6.36. The Morgan fingerprint density at radius 1 is 1.24 bits per heavy atom. The van der Waals surface area contributed by atoms with Crippen LogP contribution in [0.1, 0.15) is 67.6 Å². The van der Waals surface area contributed by atoms with Gasteiger partial charge in [0.15, 0.2) is 5.96 Å². The summed E-state index contributed by atoms with van der Waals surface area (Å²) in [5.74, 6) is 0.457. The smallest absolute Gasteiger partial charge is 0.251 e. The number of para-hydroxylation sites is 1. The highest BCUT2D eigenvalue weighted by molar-refractivity contribution is 5.99. The summed E-state index contributed by atoms with van der Waals surface area (Å²) in [5.41, 5.74) is 6.39. The lowest BCUT2D eigenvalue weighted by molar-refractivity contribution is -0.130. The van der Waals surface area contributed by atoms with Gasteiger partial charge in [0.25, 0.3) is 5.91 Å². The van der Waals surface area contributed by atoms with Gasteiger partial charge in [0, 0.05) is 11.1 Å². The third-order valence-corrected chi connectivity index (χ3v) is 6.90. The summed E-state index contributed by atoms with van der Waals surface area (Å²) in [7, 11) is 0. The molecule has 8 nitrogen and oxygen atoms in total. The van der Waals surface area contributed by atoms with Gasteiger partial charge >= 0.3 is 0 Å². The molecule has 0 spiro atoms. The van der Waals surface area contributed by atoms with E-state index in [1.165, 1.54) is 4.90 Å². The summed E-state index contributed by atoms with van der Waals surface area (Å²) < 4.78 is 5.65. The van der Waals surface area contributed by atoms with E-state index in [0.29, 0.717) is 17.7 Å². The van der Waals surface area contributed by atoms with Gasteiger partial charge in [-0.05, 0) is 43.5 Å². The van der Waals surface area contributed by atoms with E-state index in [-0.39, 0.29) is 30.9 Å². The highest BCUT2D eigenvalue weighted by atomic mass is 16.5. The second-order valence-electron chi connectivity index (χ2n) is 9.35. The summed E-state index contributed by atoms with van der Waals surface area (Å²) in [6, 6.07) is 13.8. The first-order valence-corrected chi connectivity index (χ1v) is 11.7. The molecule has 2 aromatic rings. The van der Waals surface area contributed by atoms with Crippen molar-refractivity contribution in [3.05, 3.63) is 65.2 Å². The molecule has 4 rings (SSSR count). The van der Waals surface area contributed by atoms with Crippen LogP contribution in [0.4, 0.5) is 0 Å². The van der Waals surface area contributed by atoms with E-state index in [1.807, 2.05) is 44.2 Å². The van der Waals surface area contributed by atoms with Gasteiger partial charge in [-0.3, -0.25) is 14.5 Å². The van der Waals surface area contributed by atoms with Gasteiger partial charge in [-0.15, -0.1) is 0 Å². The van der Waals surface area contributed by atoms with Crippen LogP contribution in [0.5, 0.6) is 5.75 Å². The maximum Gasteiger partial charge on any atom is 0.251 e. The van der Waals surface area contributed by atoms with E-state index in [4.69, 9.17) is 10.5 Å². The highest BCUT2D eigenvalue weighted by Gasteiger charge is 2.41. The largest absolute Gasteiger partial charge is 0.490 e. The third-order valence-electron chi connectivity index (χ3n) is 6.90. The molecule has 180 valence electrons. The van der Waals surface area contributed by atoms with Gasteiger partial charge in [-0.25, -0.2) is 4.99 Å². The molecule has 4 N–H and O–H groups in total. The molecule has 2 aliphatic heterocycles. The number of guanidine groups is 1. The number of benzene rings is 2. The van der Waals surface area contributed by atoms with Gasteiger partial charge in [0.2, 0.25) is 5.91 Å². The standard InChI is InChI=1S/C26H32N4O4/c1-4-26(5-2)14-21(31)30(24(27)29-26)15-17-9-8-10-18(13-17)23(32)28-22-19-11-6-7-12-20(19)34-16-25(22,3)33/h6-13,22,33H,4-5,14-16H2,1-3H3,(H2,27,29)(H,28,32)/t22-,25?/m1/s1. The van der Waals surface area contributed by atoms with E-state index in [2.05, 4.69) is 10.3 Å². The Bertz CT molecular complexity index is 1120. The number of aliphatic imine (C=N–C) groups is 1. The van der Waals surface area contributed by atoms with Crippen molar-refractivity contribution in [1.82, 2.24) is 10.2 Å². The van der Waals surface area contributed by atoms with Crippen molar-refractivity contribution in [3.8, 4) is 5.75 Å². The zero-order valence-corrected chi connectivity index (χ0v) is 19.9. The number of carbonyl (C=O) groups is 2. The Hall–Kier alpha value is -3.39. The maximum absolute atomic E-state index is 13.2. The van der Waals surface area contributed by atoms with Gasteiger partial charge < -0.3 is 20.9 Å². The Morgan fingerprint density at radius 2 is 1.97 bits per heavy atom. The summed E-state index contributed by atoms with van der Waals surface area (Å²) in [6.45, 7) is 5.97. The van der Waals surface area contributed by atoms with Crippen molar-refractivity contribution < 1.29 is 19.4 Å². The zero-order chi connectivity index (χ0) is 24.5. The summed E-state index contributed by atoms with van der Waals surface area (Å²) in [5, 5.41) is 13.8. The molecule has 2 aromatic carbocycles. The Balaban J connectivity index is 1.53. The van der Waals surface area contributed by atoms with Crippen LogP contribution < -0.4 is 15.8 Å². The first-order chi connectivity index (χ1) is 16.2. The quantitative estimate of drug-likeness (QED) is 0.608. The van der Waals surface area contributed by atoms with Crippen molar-refractivity contribution >= 4 is 17.8 Å². The normalized spacial score (nSPS) is 23.5. The minimum atomic E-state index is -1.27. The summed E-state index contributed by atoms with van der Waals surface area (Å²) in [4.78, 5) is 32.1. The van der Waals surface area contributed by atoms with Gasteiger partial charge in [-0.2, -0.15) is 0 Å². The number of hydrogen-bond acceptors (Lipinski definition) is 6. The molecule has 0 saturated carbocycles. The molecule has 34 heavy (non-hydrogen) atoms. The molecule has 0 radical (unpaired) electrons. The van der Waals surface area contributed by atoms with Crippen LogP contribution in [-0.4, -0.2) is 45.5 Å². The lowest BCUT2D eigenvalue weighted by Crippen LogP contribution is -2.51. The molecule has 0 saturated heterocycles. The SMILES string of the molecule is CCC1(CC)CC(=O)N(Cc2cccc(C(=O)N[C@@H]3c4ccccc4OCC3(C)O)c2)C(N)=N1. The number of hydrogen-bond donors (Lipinski definition) is 3. The van der Waals surface area contributed by atoms with E-state index in [0.717, 1.165) is 24.0 Å². The number of fused-ring (bicyclic) bond motifs is 1. The van der Waals surface area contributed by atoms with Crippen LogP contribution >= 0.6 is 0 Å². The first kappa shape index (κ1) is 23.8. The van der Waals surface area contributed by atoms with Crippen molar-refractivity contribution in [2.75, 3.05) is 6.61 Å². The van der Waals surface area contributed by atoms with Gasteiger partial charge in [0.1, 0.15) is 18.0 Å². The van der Waals surface area contributed by atoms with Crippen LogP contribution in [-0.2, 0) is 11.3 Å². The Labute approximate surface area is 199 Å². The van der Waals surface area contributed by atoms with Crippen molar-refractivity contribution in [2.24, 2.45) is 10.7 Å². The van der Waals surface area contributed by atoms with Crippen LogP contribution in [0.25, 0.3) is 0 Å². The number of aliphatic hydroxyl groups is 1. The minimum Gasteiger partial charge on any atom is -0.490 e. The van der Waals surface area contributed by atoms with Gasteiger partial charge in [-0.1, -0.05) is 44.2 Å². The first-order valence-electron chi connectivity index (χ1n) is 11.7. The summed E-state index contributed by atoms with van der Waals surface area (Å²) >= 11 is 0. The van der Waals surface area contributed by atoms with Crippen LogP contribution in [0.2, 0.25) is 0 Å². The van der Waals surface area contributed by atoms with Crippen LogP contribution in [0.3, 0.4) is 0 Å². The molecule has 0 bridgehead atoms. The average Bonchev–Trinajstić information content (AvgIpc) is 2.83. The molecular formula is C26H32N4O4. The summed E-state index contributed by atoms with van der Waals surface area (Å²) in [6.07, 6.45) is 1.82. The molecule has 0 aliphatic carbocycles. The molecule has 2 amide bonds. The molecule has 8 heteroatoms. The van der Waals surface area contributed by atoms with Crippen molar-refractivity contribution in [1.29, 1.82) is 0 Å². The molecule has 0 aromatic heterocycles. The third kappa shape index (κ3) is 4.50. The second-order valence-corrected chi connectivity index (χ2v) is 9.35. The lowest BCUT2D eigenvalue weighted by atomic mass is 9.87. The molecule has 2 atom stereocenters. The van der Waals surface area contributed by atoms with Crippen molar-refractivity contribution in [3.63, 3.8) is 0 Å². The zero-order valence-electron chi connectivity index (χ0n) is 19.9. The number of amides is 2. The number of rotatable bonds is 6. The number of nitrogens with one attached hydrogen (secondary N) is 1. The molecular weight excluding hydrogens is 432 g/mol. The number of carbonyl (C=O) groups excluding carboxylic acids is 2. The fourth-order valence-corrected chi connectivity index (χ4v) is 4.61. The van der Waals surface area contributed by atoms with E-state index < -0.39 is 17.2 Å². The topological polar surface area (TPSA) is 117 Å². The predicted molar refractivity (Wildman–Crippen MR) is 129 cm³/mol. The number of nitrogens with two attached hydrogens (primary N) is 1. The second kappa shape index (κ2) is 9.10. The monoisotopic (exact) mass is 464 g/mol. The van der Waals surface area contributed by atoms with E-state index in [1.54, 1.807) is 25.1 Å². The van der Waals surface area contributed by atoms with Crippen LogP contribution in [0, 0.1) is 0 Å². The van der Waals surface area contributed by atoms with E-state index >= 15 is 0 Å². The fourth-order valence-electron chi connectivity index (χ4n) is 4.61. The molecule has 0 fully saturated rings. The molecule has 1 unspecified atom stereocenters. The minimum absolute atomic E-state index is 0.0686. The molecule has 2 heterocycles. The van der Waals surface area contributed by atoms with Gasteiger partial charge in [0.05, 0.1) is 24.5 Å². The number of nitrogens with zero attached hydrogens (tertiary/aromatic N) is 2.